The zero-order valence-electron chi connectivity index (χ0n) is 21.0. The fraction of sp³-hybridized carbons (Fsp3) is 0.440. The van der Waals surface area contributed by atoms with Crippen molar-refractivity contribution in [2.24, 2.45) is 0 Å². The molecule has 0 aliphatic rings. The number of anilines is 1. The first-order chi connectivity index (χ1) is 16.7. The molecule has 0 aromatic heterocycles. The second kappa shape index (κ2) is 13.0. The van der Waals surface area contributed by atoms with Crippen molar-refractivity contribution in [3.63, 3.8) is 0 Å². The molecule has 1 atom stereocenters. The second-order valence-corrected chi connectivity index (χ2v) is 9.93. The van der Waals surface area contributed by atoms with Crippen molar-refractivity contribution in [2.75, 3.05) is 37.9 Å². The third-order valence-electron chi connectivity index (χ3n) is 5.48. The van der Waals surface area contributed by atoms with Crippen molar-refractivity contribution < 1.29 is 27.5 Å². The average molecular weight is 506 g/mol. The van der Waals surface area contributed by atoms with Gasteiger partial charge in [0.2, 0.25) is 21.8 Å². The van der Waals surface area contributed by atoms with Crippen LogP contribution in [-0.2, 0) is 26.2 Å². The predicted molar refractivity (Wildman–Crippen MR) is 136 cm³/mol. The van der Waals surface area contributed by atoms with Gasteiger partial charge in [0.05, 0.1) is 26.2 Å². The average Bonchev–Trinajstić information content (AvgIpc) is 2.85. The van der Waals surface area contributed by atoms with Crippen LogP contribution in [0.2, 0.25) is 0 Å². The lowest BCUT2D eigenvalue weighted by atomic mass is 10.1. The Morgan fingerprint density at radius 3 is 2.20 bits per heavy atom. The van der Waals surface area contributed by atoms with Gasteiger partial charge in [0.1, 0.15) is 24.1 Å². The van der Waals surface area contributed by atoms with Gasteiger partial charge >= 0.3 is 0 Å². The molecular weight excluding hydrogens is 470 g/mol. The van der Waals surface area contributed by atoms with Crippen molar-refractivity contribution in [1.82, 2.24) is 10.2 Å². The Morgan fingerprint density at radius 2 is 1.66 bits per heavy atom. The van der Waals surface area contributed by atoms with Crippen LogP contribution >= 0.6 is 0 Å². The Bertz CT molecular complexity index is 1090. The Balaban J connectivity index is 2.45. The van der Waals surface area contributed by atoms with E-state index in [1.54, 1.807) is 43.5 Å². The van der Waals surface area contributed by atoms with E-state index in [4.69, 9.17) is 9.47 Å². The normalized spacial score (nSPS) is 11.9. The number of benzene rings is 2. The van der Waals surface area contributed by atoms with Gasteiger partial charge in [-0.25, -0.2) is 8.42 Å². The number of carbonyl (C=O) groups is 2. The molecule has 10 heteroatoms. The quantitative estimate of drug-likeness (QED) is 0.449. The largest absolute Gasteiger partial charge is 0.497 e. The molecule has 192 valence electrons. The van der Waals surface area contributed by atoms with Crippen LogP contribution in [0.15, 0.2) is 48.5 Å². The summed E-state index contributed by atoms with van der Waals surface area (Å²) in [6.45, 7) is 3.89. The molecule has 2 aromatic rings. The summed E-state index contributed by atoms with van der Waals surface area (Å²) < 4.78 is 37.0. The Labute approximate surface area is 208 Å². The summed E-state index contributed by atoms with van der Waals surface area (Å²) in [4.78, 5) is 28.0. The van der Waals surface area contributed by atoms with Crippen LogP contribution in [-0.4, -0.2) is 64.7 Å². The maximum absolute atomic E-state index is 13.7. The lowest BCUT2D eigenvalue weighted by Gasteiger charge is -2.33. The van der Waals surface area contributed by atoms with Crippen LogP contribution < -0.4 is 19.1 Å². The molecule has 0 spiro atoms. The maximum Gasteiger partial charge on any atom is 0.244 e. The molecule has 0 fully saturated rings. The number of amides is 2. The summed E-state index contributed by atoms with van der Waals surface area (Å²) in [5, 5.41) is 2.85. The minimum atomic E-state index is -3.84. The molecule has 0 saturated carbocycles. The first-order valence-electron chi connectivity index (χ1n) is 11.5. The summed E-state index contributed by atoms with van der Waals surface area (Å²) in [5.74, 6) is 0.203. The lowest BCUT2D eigenvalue weighted by Crippen LogP contribution is -2.52. The zero-order chi connectivity index (χ0) is 26.0. The molecule has 0 unspecified atom stereocenters. The van der Waals surface area contributed by atoms with Crippen molar-refractivity contribution >= 4 is 27.5 Å². The first-order valence-corrected chi connectivity index (χ1v) is 13.3. The number of sulfonamides is 1. The van der Waals surface area contributed by atoms with Gasteiger partial charge in [-0.05, 0) is 42.7 Å². The first kappa shape index (κ1) is 28.0. The van der Waals surface area contributed by atoms with E-state index >= 15 is 0 Å². The van der Waals surface area contributed by atoms with Gasteiger partial charge in [0.15, 0.2) is 0 Å². The standard InChI is InChI=1S/C25H35N3O6S/c1-6-16-26-25(30)21(7-2)27(17-19-12-14-20(33-3)15-13-19)24(29)18-28(35(5,31)32)22-10-8-9-11-23(22)34-4/h8-15,21H,6-7,16-18H2,1-5H3,(H,26,30)/t21-/m0/s1. The number of methoxy groups -OCH3 is 2. The number of carbonyl (C=O) groups excluding carboxylic acids is 2. The molecule has 0 aliphatic carbocycles. The molecule has 0 bridgehead atoms. The maximum atomic E-state index is 13.7. The van der Waals surface area contributed by atoms with Crippen LogP contribution in [0.3, 0.4) is 0 Å². The van der Waals surface area contributed by atoms with Gasteiger partial charge in [-0.15, -0.1) is 0 Å². The van der Waals surface area contributed by atoms with Crippen molar-refractivity contribution in [3.8, 4) is 11.5 Å². The van der Waals surface area contributed by atoms with E-state index in [0.717, 1.165) is 22.5 Å². The van der Waals surface area contributed by atoms with E-state index < -0.39 is 28.5 Å². The highest BCUT2D eigenvalue weighted by atomic mass is 32.2. The summed E-state index contributed by atoms with van der Waals surface area (Å²) in [7, 11) is -0.843. The van der Waals surface area contributed by atoms with Crippen LogP contribution in [0, 0.1) is 0 Å². The molecule has 1 N–H and O–H groups in total. The SMILES string of the molecule is CCCNC(=O)[C@H](CC)N(Cc1ccc(OC)cc1)C(=O)CN(c1ccccc1OC)S(C)(=O)=O. The Morgan fingerprint density at radius 1 is 1.00 bits per heavy atom. The Hall–Kier alpha value is -3.27. The van der Waals surface area contributed by atoms with Gasteiger partial charge in [-0.1, -0.05) is 38.1 Å². The van der Waals surface area contributed by atoms with E-state index in [9.17, 15) is 18.0 Å². The number of nitrogens with zero attached hydrogens (tertiary/aromatic N) is 2. The van der Waals surface area contributed by atoms with Crippen molar-refractivity contribution in [2.45, 2.75) is 39.3 Å². The topological polar surface area (TPSA) is 105 Å². The third kappa shape index (κ3) is 7.61. The molecule has 0 heterocycles. The number of para-hydroxylation sites is 2. The van der Waals surface area contributed by atoms with Gasteiger partial charge in [0, 0.05) is 13.1 Å². The lowest BCUT2D eigenvalue weighted by molar-refractivity contribution is -0.140. The van der Waals surface area contributed by atoms with Crippen LogP contribution in [0.25, 0.3) is 0 Å². The highest BCUT2D eigenvalue weighted by Gasteiger charge is 2.32. The van der Waals surface area contributed by atoms with Crippen LogP contribution in [0.5, 0.6) is 11.5 Å². The van der Waals surface area contributed by atoms with Gasteiger partial charge in [0.25, 0.3) is 0 Å². The third-order valence-corrected chi connectivity index (χ3v) is 6.61. The minimum absolute atomic E-state index is 0.129. The smallest absolute Gasteiger partial charge is 0.244 e. The summed E-state index contributed by atoms with van der Waals surface area (Å²) in [6.07, 6.45) is 2.15. The van der Waals surface area contributed by atoms with Gasteiger partial charge in [-0.3, -0.25) is 13.9 Å². The zero-order valence-corrected chi connectivity index (χ0v) is 21.8. The highest BCUT2D eigenvalue weighted by molar-refractivity contribution is 7.92. The number of hydrogen-bond donors (Lipinski definition) is 1. The van der Waals surface area contributed by atoms with Gasteiger partial charge < -0.3 is 19.7 Å². The van der Waals surface area contributed by atoms with Crippen molar-refractivity contribution in [1.29, 1.82) is 0 Å². The molecule has 35 heavy (non-hydrogen) atoms. The number of hydrogen-bond acceptors (Lipinski definition) is 6. The fourth-order valence-corrected chi connectivity index (χ4v) is 4.50. The van der Waals surface area contributed by atoms with E-state index in [0.29, 0.717) is 24.5 Å². The Kier molecular flexibility index (Phi) is 10.4. The second-order valence-electron chi connectivity index (χ2n) is 8.03. The van der Waals surface area contributed by atoms with E-state index in [2.05, 4.69) is 5.32 Å². The van der Waals surface area contributed by atoms with Crippen LogP contribution in [0.1, 0.15) is 32.3 Å². The predicted octanol–water partition coefficient (Wildman–Crippen LogP) is 2.80. The number of nitrogens with one attached hydrogen (secondary N) is 1. The molecule has 0 radical (unpaired) electrons. The molecular formula is C25H35N3O6S. The van der Waals surface area contributed by atoms with Crippen LogP contribution in [0.4, 0.5) is 5.69 Å². The molecule has 2 amide bonds. The summed E-state index contributed by atoms with van der Waals surface area (Å²) >= 11 is 0. The summed E-state index contributed by atoms with van der Waals surface area (Å²) in [6, 6.07) is 13.0. The number of rotatable bonds is 13. The summed E-state index contributed by atoms with van der Waals surface area (Å²) in [5.41, 5.74) is 1.03. The van der Waals surface area contributed by atoms with E-state index in [1.807, 2.05) is 26.0 Å². The monoisotopic (exact) mass is 505 g/mol. The molecule has 0 aliphatic heterocycles. The highest BCUT2D eigenvalue weighted by Crippen LogP contribution is 2.29. The minimum Gasteiger partial charge on any atom is -0.497 e. The van der Waals surface area contributed by atoms with Crippen molar-refractivity contribution in [3.05, 3.63) is 54.1 Å². The van der Waals surface area contributed by atoms with E-state index in [1.165, 1.54) is 12.0 Å². The molecule has 2 rings (SSSR count). The molecule has 2 aromatic carbocycles. The van der Waals surface area contributed by atoms with Gasteiger partial charge in [-0.2, -0.15) is 0 Å². The molecule has 9 nitrogen and oxygen atoms in total. The molecule has 0 saturated heterocycles. The fourth-order valence-electron chi connectivity index (χ4n) is 3.64. The van der Waals surface area contributed by atoms with E-state index in [-0.39, 0.29) is 18.1 Å². The number of ether oxygens (including phenoxy) is 2.